The molecule has 11 aromatic carbocycles. The van der Waals surface area contributed by atoms with Crippen LogP contribution in [0.4, 0.5) is 0 Å². The monoisotopic (exact) mass is 880 g/mol. The molecule has 70 heavy (non-hydrogen) atoms. The molecule has 0 fully saturated rings. The Morgan fingerprint density at radius 1 is 0.229 bits per heavy atom. The molecule has 0 amide bonds. The summed E-state index contributed by atoms with van der Waals surface area (Å²) in [5, 5.41) is 5.14. The molecule has 0 N–H and O–H groups in total. The zero-order valence-corrected chi connectivity index (χ0v) is 38.0. The Morgan fingerprint density at radius 2 is 0.529 bits per heavy atom. The van der Waals surface area contributed by atoms with Crippen molar-refractivity contribution < 1.29 is 0 Å². The molecule has 0 aliphatic carbocycles. The van der Waals surface area contributed by atoms with Crippen molar-refractivity contribution in [3.8, 4) is 78.1 Å². The van der Waals surface area contributed by atoms with E-state index >= 15 is 0 Å². The van der Waals surface area contributed by atoms with Crippen molar-refractivity contribution in [3.05, 3.63) is 231 Å². The van der Waals surface area contributed by atoms with Gasteiger partial charge in [-0.1, -0.05) is 217 Å². The summed E-state index contributed by atoms with van der Waals surface area (Å²) in [6, 6.07) is 88.2. The van der Waals surface area contributed by atoms with E-state index in [0.29, 0.717) is 0 Å². The summed E-state index contributed by atoms with van der Waals surface area (Å²) in [6.07, 6.45) is 0. The molecule has 2 nitrogen and oxygen atoms in total. The maximum atomic E-state index is 2.66. The van der Waals surface area contributed by atoms with Gasteiger partial charge in [0.1, 0.15) is 0 Å². The fourth-order valence-electron chi connectivity index (χ4n) is 13.9. The van der Waals surface area contributed by atoms with E-state index < -0.39 is 0 Å². The molecule has 17 rings (SSSR count). The minimum Gasteiger partial charge on any atom is -0.310 e. The number of fused-ring (bicyclic) bond motifs is 26. The van der Waals surface area contributed by atoms with Crippen LogP contribution in [0.25, 0.3) is 122 Å². The van der Waals surface area contributed by atoms with Crippen molar-refractivity contribution in [1.82, 2.24) is 9.13 Å². The second kappa shape index (κ2) is 13.4. The van der Waals surface area contributed by atoms with Gasteiger partial charge in [-0.05, 0) is 113 Å². The molecule has 0 saturated heterocycles. The van der Waals surface area contributed by atoms with Crippen LogP contribution in [0.3, 0.4) is 0 Å². The Hall–Kier alpha value is -8.85. The highest BCUT2D eigenvalue weighted by Gasteiger charge is 2.43. The average molecular weight is 881 g/mol. The van der Waals surface area contributed by atoms with Gasteiger partial charge < -0.3 is 9.13 Å². The summed E-state index contributed by atoms with van der Waals surface area (Å²) >= 11 is 0. The number of aromatic nitrogens is 2. The first-order valence-electron chi connectivity index (χ1n) is 24.7. The Balaban J connectivity index is 1.10. The summed E-state index contributed by atoms with van der Waals surface area (Å²) in [5.74, 6) is 0. The standard InChI is InChI=1S/C66H38B2N2/c1-5-21-43-39(17-1)41-19-3-7-23-45(41)51-33-35-53-49-27-11-15-31-59(49)69-61-38-58-62(37-57(61)67(63(51)65(53)69)55-29-13-9-25-47(43)55)70-60-32-16-12-28-50(60)54-36-34-52-46-24-8-4-20-42(46)40-18-2-6-22-44(40)48-26-10-14-30-56(48)68(58)64(52)66(54)70/h1-38H. The SMILES string of the molecule is c1ccc2c(c1)B1c3cc4c(cc3-n3c5ccccc5c5ccc(c1c53)-c1ccccc1-c1ccccc1-2)B1c2ccccc2-c2ccccc2-c2ccccc2-c2ccc3c5ccccc5n-4c3c21. The Morgan fingerprint density at radius 3 is 0.914 bits per heavy atom. The summed E-state index contributed by atoms with van der Waals surface area (Å²) in [5.41, 5.74) is 30.9. The van der Waals surface area contributed by atoms with Gasteiger partial charge in [0, 0.05) is 44.0 Å². The fraction of sp³-hybridized carbons (Fsp3) is 0. The zero-order valence-electron chi connectivity index (χ0n) is 38.0. The summed E-state index contributed by atoms with van der Waals surface area (Å²) in [6.45, 7) is -0.161. The van der Waals surface area contributed by atoms with Crippen molar-refractivity contribution in [1.29, 1.82) is 0 Å². The molecule has 4 aliphatic heterocycles. The van der Waals surface area contributed by atoms with Crippen LogP contribution in [0.1, 0.15) is 0 Å². The molecular formula is C66H38B2N2. The third-order valence-electron chi connectivity index (χ3n) is 16.6. The lowest BCUT2D eigenvalue weighted by Crippen LogP contribution is -2.60. The van der Waals surface area contributed by atoms with Crippen molar-refractivity contribution in [3.63, 3.8) is 0 Å². The summed E-state index contributed by atoms with van der Waals surface area (Å²) in [7, 11) is 0. The highest BCUT2D eigenvalue weighted by molar-refractivity contribution is 7.01. The molecule has 0 saturated carbocycles. The predicted molar refractivity (Wildman–Crippen MR) is 297 cm³/mol. The second-order valence-electron chi connectivity index (χ2n) is 19.7. The van der Waals surface area contributed by atoms with E-state index in [1.165, 1.54) is 155 Å². The molecule has 13 aromatic rings. The summed E-state index contributed by atoms with van der Waals surface area (Å²) in [4.78, 5) is 0. The fourth-order valence-corrected chi connectivity index (χ4v) is 13.9. The molecule has 0 spiro atoms. The van der Waals surface area contributed by atoms with Crippen molar-refractivity contribution in [2.24, 2.45) is 0 Å². The van der Waals surface area contributed by atoms with Crippen LogP contribution in [0.2, 0.25) is 0 Å². The minimum absolute atomic E-state index is 0.0807. The van der Waals surface area contributed by atoms with Gasteiger partial charge in [0.25, 0.3) is 0 Å². The average Bonchev–Trinajstić information content (AvgIpc) is 3.97. The van der Waals surface area contributed by atoms with E-state index in [1.54, 1.807) is 0 Å². The van der Waals surface area contributed by atoms with Crippen LogP contribution in [-0.4, -0.2) is 22.6 Å². The van der Waals surface area contributed by atoms with Crippen LogP contribution in [0.15, 0.2) is 231 Å². The van der Waals surface area contributed by atoms with E-state index in [0.717, 1.165) is 0 Å². The van der Waals surface area contributed by atoms with Gasteiger partial charge in [-0.2, -0.15) is 0 Å². The van der Waals surface area contributed by atoms with Gasteiger partial charge in [0.15, 0.2) is 0 Å². The second-order valence-corrected chi connectivity index (χ2v) is 19.7. The maximum Gasteiger partial charge on any atom is 0.248 e. The lowest BCUT2D eigenvalue weighted by molar-refractivity contribution is 1.16. The first-order chi connectivity index (χ1) is 34.8. The molecule has 318 valence electrons. The van der Waals surface area contributed by atoms with Crippen molar-refractivity contribution in [2.45, 2.75) is 0 Å². The van der Waals surface area contributed by atoms with E-state index in [4.69, 9.17) is 0 Å². The molecule has 4 heteroatoms. The quantitative estimate of drug-likeness (QED) is 0.134. The first kappa shape index (κ1) is 37.2. The molecule has 4 aliphatic rings. The maximum absolute atomic E-state index is 2.66. The highest BCUT2D eigenvalue weighted by Crippen LogP contribution is 2.45. The number of benzene rings is 11. The summed E-state index contributed by atoms with van der Waals surface area (Å²) < 4.78 is 5.31. The Labute approximate surface area is 405 Å². The molecule has 0 unspecified atom stereocenters. The molecule has 0 radical (unpaired) electrons. The van der Waals surface area contributed by atoms with E-state index in [1.807, 2.05) is 0 Å². The number of para-hydroxylation sites is 2. The molecule has 0 atom stereocenters. The van der Waals surface area contributed by atoms with E-state index in [2.05, 4.69) is 240 Å². The largest absolute Gasteiger partial charge is 0.310 e. The topological polar surface area (TPSA) is 9.86 Å². The van der Waals surface area contributed by atoms with Crippen LogP contribution in [0, 0.1) is 0 Å². The molecular weight excluding hydrogens is 842 g/mol. The number of rotatable bonds is 0. The minimum atomic E-state index is -0.0807. The number of hydrogen-bond acceptors (Lipinski definition) is 0. The Kier molecular flexibility index (Phi) is 7.13. The smallest absolute Gasteiger partial charge is 0.248 e. The third-order valence-corrected chi connectivity index (χ3v) is 16.6. The number of nitrogens with zero attached hydrogens (tertiary/aromatic N) is 2. The molecule has 0 bridgehead atoms. The van der Waals surface area contributed by atoms with E-state index in [-0.39, 0.29) is 13.4 Å². The lowest BCUT2D eigenvalue weighted by Gasteiger charge is -2.35. The third kappa shape index (κ3) is 4.57. The van der Waals surface area contributed by atoms with Gasteiger partial charge >= 0.3 is 0 Å². The predicted octanol–water partition coefficient (Wildman–Crippen LogP) is 12.2. The lowest BCUT2D eigenvalue weighted by atomic mass is 9.31. The highest BCUT2D eigenvalue weighted by atomic mass is 15.0. The van der Waals surface area contributed by atoms with Crippen LogP contribution in [-0.2, 0) is 0 Å². The first-order valence-corrected chi connectivity index (χ1v) is 24.7. The van der Waals surface area contributed by atoms with Gasteiger partial charge in [0.05, 0.1) is 11.0 Å². The van der Waals surface area contributed by atoms with Crippen molar-refractivity contribution >= 4 is 89.8 Å². The van der Waals surface area contributed by atoms with Gasteiger partial charge in [-0.25, -0.2) is 0 Å². The van der Waals surface area contributed by atoms with Crippen LogP contribution in [0.5, 0.6) is 0 Å². The van der Waals surface area contributed by atoms with Crippen LogP contribution < -0.4 is 32.8 Å². The van der Waals surface area contributed by atoms with Gasteiger partial charge in [-0.3, -0.25) is 0 Å². The molecule has 2 aromatic heterocycles. The van der Waals surface area contributed by atoms with E-state index in [9.17, 15) is 0 Å². The zero-order chi connectivity index (χ0) is 45.3. The van der Waals surface area contributed by atoms with Gasteiger partial charge in [-0.15, -0.1) is 0 Å². The molecule has 6 heterocycles. The Bertz CT molecular complexity index is 4220. The number of hydrogen-bond donors (Lipinski definition) is 0. The van der Waals surface area contributed by atoms with Gasteiger partial charge in [0.2, 0.25) is 13.4 Å². The van der Waals surface area contributed by atoms with Crippen LogP contribution >= 0.6 is 0 Å². The normalized spacial score (nSPS) is 13.1. The van der Waals surface area contributed by atoms with Crippen molar-refractivity contribution in [2.75, 3.05) is 0 Å².